The van der Waals surface area contributed by atoms with Gasteiger partial charge in [-0.2, -0.15) is 0 Å². The first kappa shape index (κ1) is 16.8. The lowest BCUT2D eigenvalue weighted by atomic mass is 10.0. The number of rotatable bonds is 8. The molecule has 0 saturated carbocycles. The number of aryl methyl sites for hydroxylation is 1. The average Bonchev–Trinajstić information content (AvgIpc) is 3.04. The first-order chi connectivity index (χ1) is 11.1. The molecule has 1 heterocycles. The van der Waals surface area contributed by atoms with Gasteiger partial charge in [-0.3, -0.25) is 4.79 Å². The van der Waals surface area contributed by atoms with Crippen molar-refractivity contribution < 1.29 is 19.1 Å². The molecule has 2 N–H and O–H groups in total. The summed E-state index contributed by atoms with van der Waals surface area (Å²) in [5.41, 5.74) is 1.23. The van der Waals surface area contributed by atoms with Crippen LogP contribution >= 0.6 is 0 Å². The van der Waals surface area contributed by atoms with Crippen LogP contribution in [0.3, 0.4) is 0 Å². The van der Waals surface area contributed by atoms with Crippen LogP contribution in [0.1, 0.15) is 52.9 Å². The van der Waals surface area contributed by atoms with Gasteiger partial charge in [0.1, 0.15) is 0 Å². The minimum atomic E-state index is -1.18. The Balaban J connectivity index is 1.94. The molecule has 0 bridgehead atoms. The largest absolute Gasteiger partial charge is 0.475 e. The van der Waals surface area contributed by atoms with Crippen LogP contribution in [-0.2, 0) is 6.42 Å². The van der Waals surface area contributed by atoms with Crippen LogP contribution in [-0.4, -0.2) is 23.0 Å². The van der Waals surface area contributed by atoms with E-state index >= 15 is 0 Å². The maximum absolute atomic E-state index is 12.2. The fourth-order valence-corrected chi connectivity index (χ4v) is 2.45. The molecular formula is C18H21NO4. The Labute approximate surface area is 135 Å². The van der Waals surface area contributed by atoms with Crippen molar-refractivity contribution in [2.45, 2.75) is 38.6 Å². The standard InChI is InChI=1S/C18H21NO4/c1-2-6-14(10-9-13-7-4-3-5-8-13)19-17(20)15-11-12-16(23-15)18(21)22/h3-5,7-8,11-12,14H,2,6,9-10H2,1H3,(H,19,20)(H,21,22). The quantitative estimate of drug-likeness (QED) is 0.781. The predicted molar refractivity (Wildman–Crippen MR) is 86.6 cm³/mol. The van der Waals surface area contributed by atoms with Gasteiger partial charge in [0.15, 0.2) is 5.76 Å². The van der Waals surface area contributed by atoms with Crippen LogP contribution in [0, 0.1) is 0 Å². The SMILES string of the molecule is CCCC(CCc1ccccc1)NC(=O)c1ccc(C(=O)O)o1. The third kappa shape index (κ3) is 4.98. The Morgan fingerprint density at radius 1 is 1.09 bits per heavy atom. The van der Waals surface area contributed by atoms with Crippen LogP contribution in [0.15, 0.2) is 46.9 Å². The number of hydrogen-bond donors (Lipinski definition) is 2. The van der Waals surface area contributed by atoms with Crippen molar-refractivity contribution in [2.24, 2.45) is 0 Å². The maximum Gasteiger partial charge on any atom is 0.371 e. The van der Waals surface area contributed by atoms with Crippen molar-refractivity contribution in [3.8, 4) is 0 Å². The second-order valence-corrected chi connectivity index (χ2v) is 5.45. The van der Waals surface area contributed by atoms with Crippen LogP contribution in [0.2, 0.25) is 0 Å². The van der Waals surface area contributed by atoms with E-state index < -0.39 is 5.97 Å². The molecule has 1 unspecified atom stereocenters. The highest BCUT2D eigenvalue weighted by Crippen LogP contribution is 2.12. The van der Waals surface area contributed by atoms with Crippen molar-refractivity contribution >= 4 is 11.9 Å². The number of benzene rings is 1. The molecule has 23 heavy (non-hydrogen) atoms. The summed E-state index contributed by atoms with van der Waals surface area (Å²) < 4.78 is 5.04. The van der Waals surface area contributed by atoms with E-state index in [0.717, 1.165) is 25.7 Å². The Kier molecular flexibility index (Phi) is 5.97. The molecule has 1 aromatic carbocycles. The molecule has 0 aliphatic heterocycles. The van der Waals surface area contributed by atoms with Gasteiger partial charge in [-0.1, -0.05) is 43.7 Å². The minimum absolute atomic E-state index is 0.0308. The molecular weight excluding hydrogens is 294 g/mol. The zero-order chi connectivity index (χ0) is 16.7. The van der Waals surface area contributed by atoms with Crippen molar-refractivity contribution in [1.82, 2.24) is 5.32 Å². The van der Waals surface area contributed by atoms with Gasteiger partial charge >= 0.3 is 5.97 Å². The second kappa shape index (κ2) is 8.17. The molecule has 0 aliphatic carbocycles. The van der Waals surface area contributed by atoms with E-state index in [4.69, 9.17) is 9.52 Å². The average molecular weight is 315 g/mol. The van der Waals surface area contributed by atoms with Crippen LogP contribution in [0.25, 0.3) is 0 Å². The van der Waals surface area contributed by atoms with Crippen LogP contribution in [0.5, 0.6) is 0 Å². The summed E-state index contributed by atoms with van der Waals surface area (Å²) in [5, 5.41) is 11.8. The molecule has 0 spiro atoms. The highest BCUT2D eigenvalue weighted by atomic mass is 16.4. The molecule has 0 saturated heterocycles. The highest BCUT2D eigenvalue weighted by molar-refractivity contribution is 5.93. The van der Waals surface area contributed by atoms with Gasteiger partial charge in [-0.05, 0) is 37.0 Å². The van der Waals surface area contributed by atoms with Crippen LogP contribution in [0.4, 0.5) is 0 Å². The Morgan fingerprint density at radius 2 is 1.78 bits per heavy atom. The van der Waals surface area contributed by atoms with Crippen LogP contribution < -0.4 is 5.32 Å². The topological polar surface area (TPSA) is 79.5 Å². The predicted octanol–water partition coefficient (Wildman–Crippen LogP) is 3.51. The maximum atomic E-state index is 12.2. The number of carboxylic acids is 1. The van der Waals surface area contributed by atoms with Gasteiger partial charge < -0.3 is 14.8 Å². The molecule has 5 nitrogen and oxygen atoms in total. The first-order valence-electron chi connectivity index (χ1n) is 7.78. The minimum Gasteiger partial charge on any atom is -0.475 e. The van der Waals surface area contributed by atoms with Gasteiger partial charge in [0.2, 0.25) is 5.76 Å². The summed E-state index contributed by atoms with van der Waals surface area (Å²) in [6.07, 6.45) is 3.53. The zero-order valence-electron chi connectivity index (χ0n) is 13.1. The lowest BCUT2D eigenvalue weighted by Crippen LogP contribution is -2.35. The normalized spacial score (nSPS) is 11.9. The summed E-state index contributed by atoms with van der Waals surface area (Å²) in [6.45, 7) is 2.07. The number of carboxylic acid groups (broad SMARTS) is 1. The second-order valence-electron chi connectivity index (χ2n) is 5.45. The summed E-state index contributed by atoms with van der Waals surface area (Å²) in [5.74, 6) is -1.75. The van der Waals surface area contributed by atoms with Gasteiger partial charge in [0, 0.05) is 6.04 Å². The lowest BCUT2D eigenvalue weighted by Gasteiger charge is -2.17. The third-order valence-corrected chi connectivity index (χ3v) is 3.64. The fourth-order valence-electron chi connectivity index (χ4n) is 2.45. The van der Waals surface area contributed by atoms with Gasteiger partial charge in [-0.15, -0.1) is 0 Å². The van der Waals surface area contributed by atoms with Crippen molar-refractivity contribution in [3.05, 3.63) is 59.5 Å². The van der Waals surface area contributed by atoms with E-state index in [-0.39, 0.29) is 23.5 Å². The summed E-state index contributed by atoms with van der Waals surface area (Å²) in [4.78, 5) is 23.0. The number of nitrogens with one attached hydrogen (secondary N) is 1. The first-order valence-corrected chi connectivity index (χ1v) is 7.78. The summed E-state index contributed by atoms with van der Waals surface area (Å²) >= 11 is 0. The molecule has 2 aromatic rings. The fraction of sp³-hybridized carbons (Fsp3) is 0.333. The molecule has 0 radical (unpaired) electrons. The van der Waals surface area contributed by atoms with E-state index in [0.29, 0.717) is 0 Å². The molecule has 1 aromatic heterocycles. The molecule has 1 amide bonds. The zero-order valence-corrected chi connectivity index (χ0v) is 13.1. The number of hydrogen-bond acceptors (Lipinski definition) is 3. The van der Waals surface area contributed by atoms with E-state index in [1.54, 1.807) is 0 Å². The Morgan fingerprint density at radius 3 is 2.39 bits per heavy atom. The van der Waals surface area contributed by atoms with Gasteiger partial charge in [0.25, 0.3) is 5.91 Å². The molecule has 5 heteroatoms. The highest BCUT2D eigenvalue weighted by Gasteiger charge is 2.18. The number of amides is 1. The molecule has 0 fully saturated rings. The van der Waals surface area contributed by atoms with E-state index in [1.807, 2.05) is 18.2 Å². The molecule has 2 rings (SSSR count). The summed E-state index contributed by atoms with van der Waals surface area (Å²) in [6, 6.07) is 12.8. The van der Waals surface area contributed by atoms with Crippen molar-refractivity contribution in [2.75, 3.05) is 0 Å². The van der Waals surface area contributed by atoms with Gasteiger partial charge in [-0.25, -0.2) is 4.79 Å². The Hall–Kier alpha value is -2.56. The Bertz CT molecular complexity index is 648. The number of aromatic carboxylic acids is 1. The van der Waals surface area contributed by atoms with E-state index in [2.05, 4.69) is 24.4 Å². The summed E-state index contributed by atoms with van der Waals surface area (Å²) in [7, 11) is 0. The number of carbonyl (C=O) groups is 2. The molecule has 122 valence electrons. The monoisotopic (exact) mass is 315 g/mol. The lowest BCUT2D eigenvalue weighted by molar-refractivity contribution is 0.0659. The molecule has 0 aliphatic rings. The van der Waals surface area contributed by atoms with E-state index in [9.17, 15) is 9.59 Å². The van der Waals surface area contributed by atoms with Crippen molar-refractivity contribution in [1.29, 1.82) is 0 Å². The number of carbonyl (C=O) groups excluding carboxylic acids is 1. The van der Waals surface area contributed by atoms with Crippen molar-refractivity contribution in [3.63, 3.8) is 0 Å². The molecule has 1 atom stereocenters. The van der Waals surface area contributed by atoms with E-state index in [1.165, 1.54) is 17.7 Å². The third-order valence-electron chi connectivity index (χ3n) is 3.64. The van der Waals surface area contributed by atoms with Gasteiger partial charge in [0.05, 0.1) is 0 Å². The smallest absolute Gasteiger partial charge is 0.371 e. The number of furan rings is 1.